The molecule has 0 saturated carbocycles. The van der Waals surface area contributed by atoms with Gasteiger partial charge in [-0.2, -0.15) is 0 Å². The molecule has 3 aromatic rings. The molecule has 1 aliphatic carbocycles. The fourth-order valence-electron chi connectivity index (χ4n) is 4.66. The van der Waals surface area contributed by atoms with E-state index in [1.165, 1.54) is 35.2 Å². The van der Waals surface area contributed by atoms with E-state index >= 15 is 0 Å². The summed E-state index contributed by atoms with van der Waals surface area (Å²) in [4.78, 5) is 5.28. The third kappa shape index (κ3) is 2.92. The minimum atomic E-state index is -0.0453. The Balaban J connectivity index is 1.84. The average molecular weight is 375 g/mol. The van der Waals surface area contributed by atoms with Gasteiger partial charge in [-0.1, -0.05) is 37.3 Å². The van der Waals surface area contributed by atoms with E-state index in [0.29, 0.717) is 5.82 Å². The number of rotatable bonds is 3. The molecule has 28 heavy (non-hydrogen) atoms. The molecule has 0 bridgehead atoms. The van der Waals surface area contributed by atoms with Crippen LogP contribution in [0.25, 0.3) is 22.5 Å². The number of nitrogens with one attached hydrogen (secondary N) is 1. The SMILES string of the molecule is CC1(c2nc3c(c(-c4ccccc4)c2-c2nnn[nH]2)CCCC3)CCOCC1. The van der Waals surface area contributed by atoms with Crippen molar-refractivity contribution in [2.75, 3.05) is 13.2 Å². The van der Waals surface area contributed by atoms with Gasteiger partial charge < -0.3 is 4.74 Å². The van der Waals surface area contributed by atoms with Crippen LogP contribution in [0.15, 0.2) is 30.3 Å². The van der Waals surface area contributed by atoms with Crippen molar-refractivity contribution in [3.8, 4) is 22.5 Å². The van der Waals surface area contributed by atoms with E-state index < -0.39 is 0 Å². The molecule has 144 valence electrons. The normalized spacial score (nSPS) is 18.6. The van der Waals surface area contributed by atoms with Gasteiger partial charge in [0, 0.05) is 24.3 Å². The van der Waals surface area contributed by atoms with Gasteiger partial charge in [-0.05, 0) is 65.6 Å². The molecular weight excluding hydrogens is 350 g/mol. The predicted molar refractivity (Wildman–Crippen MR) is 107 cm³/mol. The van der Waals surface area contributed by atoms with E-state index in [4.69, 9.17) is 9.72 Å². The fourth-order valence-corrected chi connectivity index (χ4v) is 4.66. The Morgan fingerprint density at radius 1 is 1.00 bits per heavy atom. The van der Waals surface area contributed by atoms with Crippen molar-refractivity contribution in [2.24, 2.45) is 0 Å². The Morgan fingerprint density at radius 2 is 1.79 bits per heavy atom. The number of nitrogens with zero attached hydrogens (tertiary/aromatic N) is 4. The minimum absolute atomic E-state index is 0.0453. The summed E-state index contributed by atoms with van der Waals surface area (Å²) < 4.78 is 5.67. The zero-order valence-electron chi connectivity index (χ0n) is 16.2. The lowest BCUT2D eigenvalue weighted by Gasteiger charge is -2.36. The van der Waals surface area contributed by atoms with E-state index in [1.54, 1.807) is 0 Å². The minimum Gasteiger partial charge on any atom is -0.381 e. The zero-order chi connectivity index (χ0) is 19.0. The first-order valence-electron chi connectivity index (χ1n) is 10.2. The average Bonchev–Trinajstić information content (AvgIpc) is 3.28. The van der Waals surface area contributed by atoms with Gasteiger partial charge in [-0.15, -0.1) is 5.10 Å². The van der Waals surface area contributed by atoms with Crippen molar-refractivity contribution >= 4 is 0 Å². The summed E-state index contributed by atoms with van der Waals surface area (Å²) in [7, 11) is 0. The van der Waals surface area contributed by atoms with Crippen molar-refractivity contribution in [3.05, 3.63) is 47.3 Å². The second-order valence-corrected chi connectivity index (χ2v) is 8.13. The van der Waals surface area contributed by atoms with Crippen LogP contribution in [0.3, 0.4) is 0 Å². The van der Waals surface area contributed by atoms with Crippen LogP contribution in [0, 0.1) is 0 Å². The van der Waals surface area contributed by atoms with Crippen molar-refractivity contribution in [1.29, 1.82) is 0 Å². The van der Waals surface area contributed by atoms with Crippen LogP contribution >= 0.6 is 0 Å². The lowest BCUT2D eigenvalue weighted by Crippen LogP contribution is -2.33. The van der Waals surface area contributed by atoms with Crippen molar-refractivity contribution in [2.45, 2.75) is 50.9 Å². The highest BCUT2D eigenvalue weighted by atomic mass is 16.5. The highest BCUT2D eigenvalue weighted by Gasteiger charge is 2.37. The summed E-state index contributed by atoms with van der Waals surface area (Å²) in [5.74, 6) is 0.711. The molecule has 6 nitrogen and oxygen atoms in total. The second-order valence-electron chi connectivity index (χ2n) is 8.13. The maximum atomic E-state index is 5.67. The summed E-state index contributed by atoms with van der Waals surface area (Å²) in [6.07, 6.45) is 6.43. The molecule has 1 saturated heterocycles. The number of pyridine rings is 1. The lowest BCUT2D eigenvalue weighted by molar-refractivity contribution is 0.0552. The number of aromatic amines is 1. The van der Waals surface area contributed by atoms with E-state index in [9.17, 15) is 0 Å². The molecule has 0 amide bonds. The maximum Gasteiger partial charge on any atom is 0.181 e. The topological polar surface area (TPSA) is 76.6 Å². The van der Waals surface area contributed by atoms with Crippen molar-refractivity contribution < 1.29 is 4.74 Å². The number of hydrogen-bond donors (Lipinski definition) is 1. The third-order valence-corrected chi connectivity index (χ3v) is 6.29. The molecule has 5 rings (SSSR count). The summed E-state index contributed by atoms with van der Waals surface area (Å²) in [5, 5.41) is 15.1. The number of aromatic nitrogens is 5. The molecule has 1 aliphatic heterocycles. The third-order valence-electron chi connectivity index (χ3n) is 6.29. The van der Waals surface area contributed by atoms with Crippen LogP contribution in [0.2, 0.25) is 0 Å². The fraction of sp³-hybridized carbons (Fsp3) is 0.455. The van der Waals surface area contributed by atoms with Gasteiger partial charge >= 0.3 is 0 Å². The second kappa shape index (κ2) is 7.09. The Kier molecular flexibility index (Phi) is 4.43. The summed E-state index contributed by atoms with van der Waals surface area (Å²) in [6, 6.07) is 10.6. The number of benzene rings is 1. The van der Waals surface area contributed by atoms with Crippen molar-refractivity contribution in [3.63, 3.8) is 0 Å². The molecule has 0 atom stereocenters. The highest BCUT2D eigenvalue weighted by molar-refractivity contribution is 5.85. The Labute approximate surface area is 164 Å². The van der Waals surface area contributed by atoms with Gasteiger partial charge in [0.25, 0.3) is 0 Å². The quantitative estimate of drug-likeness (QED) is 0.752. The first-order chi connectivity index (χ1) is 13.8. The number of tetrazole rings is 1. The molecule has 2 aromatic heterocycles. The van der Waals surface area contributed by atoms with Gasteiger partial charge in [0.05, 0.1) is 11.3 Å². The summed E-state index contributed by atoms with van der Waals surface area (Å²) in [6.45, 7) is 3.85. The summed E-state index contributed by atoms with van der Waals surface area (Å²) in [5.41, 5.74) is 7.23. The van der Waals surface area contributed by atoms with Crippen LogP contribution in [-0.2, 0) is 23.0 Å². The number of H-pyrrole nitrogens is 1. The predicted octanol–water partition coefficient (Wildman–Crippen LogP) is 3.88. The molecule has 0 radical (unpaired) electrons. The van der Waals surface area contributed by atoms with Crippen LogP contribution in [0.4, 0.5) is 0 Å². The van der Waals surface area contributed by atoms with Crippen LogP contribution in [0.1, 0.15) is 49.6 Å². The van der Waals surface area contributed by atoms with E-state index in [0.717, 1.165) is 50.2 Å². The van der Waals surface area contributed by atoms with Crippen LogP contribution < -0.4 is 0 Å². The first kappa shape index (κ1) is 17.5. The van der Waals surface area contributed by atoms with Crippen LogP contribution in [-0.4, -0.2) is 38.8 Å². The standard InChI is InChI=1S/C22H25N5O/c1-22(11-13-28-14-12-22)20-19(21-24-26-27-25-21)18(15-7-3-2-4-8-15)16-9-5-6-10-17(16)23-20/h2-4,7-8H,5-6,9-14H2,1H3,(H,24,25,26,27). The summed E-state index contributed by atoms with van der Waals surface area (Å²) >= 11 is 0. The largest absolute Gasteiger partial charge is 0.381 e. The van der Waals surface area contributed by atoms with E-state index in [-0.39, 0.29) is 5.41 Å². The van der Waals surface area contributed by atoms with Gasteiger partial charge in [0.2, 0.25) is 0 Å². The van der Waals surface area contributed by atoms with Crippen molar-refractivity contribution in [1.82, 2.24) is 25.6 Å². The Hall–Kier alpha value is -2.60. The molecule has 1 fully saturated rings. The van der Waals surface area contributed by atoms with Gasteiger partial charge in [-0.3, -0.25) is 4.98 Å². The first-order valence-corrected chi connectivity index (χ1v) is 10.2. The molecular formula is C22H25N5O. The number of ether oxygens (including phenoxy) is 1. The van der Waals surface area contributed by atoms with Crippen LogP contribution in [0.5, 0.6) is 0 Å². The smallest absolute Gasteiger partial charge is 0.181 e. The number of hydrogen-bond acceptors (Lipinski definition) is 5. The van der Waals surface area contributed by atoms with E-state index in [2.05, 4.69) is 57.9 Å². The lowest BCUT2D eigenvalue weighted by atomic mass is 9.74. The van der Waals surface area contributed by atoms with Gasteiger partial charge in [0.1, 0.15) is 0 Å². The molecule has 0 unspecified atom stereocenters. The number of fused-ring (bicyclic) bond motifs is 1. The molecule has 3 heterocycles. The van der Waals surface area contributed by atoms with Gasteiger partial charge in [0.15, 0.2) is 5.82 Å². The molecule has 2 aliphatic rings. The van der Waals surface area contributed by atoms with Gasteiger partial charge in [-0.25, -0.2) is 5.10 Å². The molecule has 1 N–H and O–H groups in total. The number of aryl methyl sites for hydroxylation is 1. The maximum absolute atomic E-state index is 5.67. The zero-order valence-corrected chi connectivity index (χ0v) is 16.2. The molecule has 1 aromatic carbocycles. The molecule has 6 heteroatoms. The molecule has 0 spiro atoms. The monoisotopic (exact) mass is 375 g/mol. The van der Waals surface area contributed by atoms with E-state index in [1.807, 2.05) is 0 Å². The Morgan fingerprint density at radius 3 is 2.54 bits per heavy atom. The highest BCUT2D eigenvalue weighted by Crippen LogP contribution is 2.45. The Bertz CT molecular complexity index is 962.